The molecule has 0 unspecified atom stereocenters. The molecule has 0 aliphatic heterocycles. The number of unbranched alkanes of at least 4 members (excludes halogenated alkanes) is 18. The highest BCUT2D eigenvalue weighted by molar-refractivity contribution is 5.67. The molecule has 27 heavy (non-hydrogen) atoms. The summed E-state index contributed by atoms with van der Waals surface area (Å²) >= 11 is 0. The first-order chi connectivity index (χ1) is 13.2. The summed E-state index contributed by atoms with van der Waals surface area (Å²) < 4.78 is 0. The van der Waals surface area contributed by atoms with E-state index in [0.717, 1.165) is 12.8 Å². The van der Waals surface area contributed by atoms with E-state index in [1.165, 1.54) is 109 Å². The Labute approximate surface area is 169 Å². The molecule has 0 heterocycles. The van der Waals surface area contributed by atoms with Crippen LogP contribution in [0.2, 0.25) is 0 Å². The van der Waals surface area contributed by atoms with Crippen molar-refractivity contribution < 1.29 is 15.0 Å². The van der Waals surface area contributed by atoms with Gasteiger partial charge in [-0.1, -0.05) is 129 Å². The number of rotatable bonds is 22. The van der Waals surface area contributed by atoms with Gasteiger partial charge in [0, 0.05) is 0 Å². The van der Waals surface area contributed by atoms with Gasteiger partial charge >= 0.3 is 5.97 Å². The smallest absolute Gasteiger partial charge is 0.305 e. The van der Waals surface area contributed by atoms with Crippen LogP contribution in [0.25, 0.3) is 0 Å². The second kappa shape index (κ2) is 21.7. The minimum atomic E-state index is -0.902. The zero-order chi connectivity index (χ0) is 20.0. The fourth-order valence-corrected chi connectivity index (χ4v) is 3.76. The van der Waals surface area contributed by atoms with Gasteiger partial charge in [0.05, 0.1) is 12.5 Å². The van der Waals surface area contributed by atoms with Crippen molar-refractivity contribution in [1.82, 2.24) is 0 Å². The SMILES string of the molecule is CCCCCCCCCCCCCCCCCCCCC[C@@H](O)CC(=O)O. The molecule has 0 rings (SSSR count). The topological polar surface area (TPSA) is 57.5 Å². The van der Waals surface area contributed by atoms with Crippen LogP contribution < -0.4 is 0 Å². The molecule has 0 aromatic heterocycles. The molecular weight excluding hydrogens is 336 g/mol. The Balaban J connectivity index is 3.06. The molecule has 0 saturated heterocycles. The fourth-order valence-electron chi connectivity index (χ4n) is 3.76. The third-order valence-corrected chi connectivity index (χ3v) is 5.55. The Bertz CT molecular complexity index is 304. The third kappa shape index (κ3) is 23.4. The third-order valence-electron chi connectivity index (χ3n) is 5.55. The Morgan fingerprint density at radius 1 is 0.593 bits per heavy atom. The average molecular weight is 385 g/mol. The van der Waals surface area contributed by atoms with Crippen molar-refractivity contribution in [3.05, 3.63) is 0 Å². The summed E-state index contributed by atoms with van der Waals surface area (Å²) in [5.41, 5.74) is 0. The van der Waals surface area contributed by atoms with Crippen molar-refractivity contribution in [3.63, 3.8) is 0 Å². The number of hydrogen-bond acceptors (Lipinski definition) is 2. The largest absolute Gasteiger partial charge is 0.481 e. The molecule has 0 fully saturated rings. The van der Waals surface area contributed by atoms with Gasteiger partial charge in [-0.05, 0) is 6.42 Å². The number of carboxylic acid groups (broad SMARTS) is 1. The van der Waals surface area contributed by atoms with Crippen LogP contribution in [0.5, 0.6) is 0 Å². The van der Waals surface area contributed by atoms with Gasteiger partial charge in [0.2, 0.25) is 0 Å². The number of carboxylic acids is 1. The zero-order valence-electron chi connectivity index (χ0n) is 18.2. The van der Waals surface area contributed by atoms with Gasteiger partial charge in [-0.2, -0.15) is 0 Å². The van der Waals surface area contributed by atoms with E-state index >= 15 is 0 Å². The van der Waals surface area contributed by atoms with Gasteiger partial charge in [-0.25, -0.2) is 0 Å². The molecule has 0 aromatic rings. The van der Waals surface area contributed by atoms with E-state index in [9.17, 15) is 9.90 Å². The van der Waals surface area contributed by atoms with Crippen LogP contribution in [0.3, 0.4) is 0 Å². The van der Waals surface area contributed by atoms with Gasteiger partial charge < -0.3 is 10.2 Å². The van der Waals surface area contributed by atoms with Gasteiger partial charge in [0.15, 0.2) is 0 Å². The van der Waals surface area contributed by atoms with E-state index in [1.807, 2.05) is 0 Å². The van der Waals surface area contributed by atoms with E-state index in [4.69, 9.17) is 5.11 Å². The Morgan fingerprint density at radius 3 is 1.19 bits per heavy atom. The van der Waals surface area contributed by atoms with Crippen molar-refractivity contribution in [3.8, 4) is 0 Å². The van der Waals surface area contributed by atoms with Gasteiger partial charge in [-0.15, -0.1) is 0 Å². The summed E-state index contributed by atoms with van der Waals surface area (Å²) in [5.74, 6) is -0.902. The number of aliphatic hydroxyl groups is 1. The monoisotopic (exact) mass is 384 g/mol. The first-order valence-electron chi connectivity index (χ1n) is 12.1. The van der Waals surface area contributed by atoms with Gasteiger partial charge in [0.1, 0.15) is 0 Å². The normalized spacial score (nSPS) is 12.4. The molecule has 3 heteroatoms. The predicted molar refractivity (Wildman–Crippen MR) is 116 cm³/mol. The Kier molecular flexibility index (Phi) is 21.3. The first-order valence-corrected chi connectivity index (χ1v) is 12.1. The maximum atomic E-state index is 10.5. The van der Waals surface area contributed by atoms with Crippen molar-refractivity contribution in [2.75, 3.05) is 0 Å². The Morgan fingerprint density at radius 2 is 0.889 bits per heavy atom. The summed E-state index contributed by atoms with van der Waals surface area (Å²) in [6.07, 6.45) is 25.6. The second-order valence-corrected chi connectivity index (χ2v) is 8.40. The van der Waals surface area contributed by atoms with Crippen molar-refractivity contribution in [2.45, 2.75) is 148 Å². The van der Waals surface area contributed by atoms with Crippen molar-refractivity contribution >= 4 is 5.97 Å². The highest BCUT2D eigenvalue weighted by Gasteiger charge is 2.08. The van der Waals surface area contributed by atoms with Crippen molar-refractivity contribution in [1.29, 1.82) is 0 Å². The van der Waals surface area contributed by atoms with Crippen LogP contribution in [0.1, 0.15) is 142 Å². The summed E-state index contributed by atoms with van der Waals surface area (Å²) in [6, 6.07) is 0. The van der Waals surface area contributed by atoms with Gasteiger partial charge in [-0.3, -0.25) is 4.79 Å². The number of aliphatic hydroxyl groups excluding tert-OH is 1. The maximum absolute atomic E-state index is 10.5. The molecule has 0 aliphatic rings. The summed E-state index contributed by atoms with van der Waals surface area (Å²) in [7, 11) is 0. The number of aliphatic carboxylic acids is 1. The van der Waals surface area contributed by atoms with Crippen LogP contribution in [-0.2, 0) is 4.79 Å². The van der Waals surface area contributed by atoms with Crippen LogP contribution in [-0.4, -0.2) is 22.3 Å². The summed E-state index contributed by atoms with van der Waals surface area (Å²) in [4.78, 5) is 10.5. The fraction of sp³-hybridized carbons (Fsp3) is 0.958. The molecule has 0 bridgehead atoms. The molecule has 3 nitrogen and oxygen atoms in total. The number of hydrogen-bond donors (Lipinski definition) is 2. The highest BCUT2D eigenvalue weighted by atomic mass is 16.4. The van der Waals surface area contributed by atoms with E-state index in [0.29, 0.717) is 6.42 Å². The maximum Gasteiger partial charge on any atom is 0.305 e. The minimum Gasteiger partial charge on any atom is -0.481 e. The second-order valence-electron chi connectivity index (χ2n) is 8.40. The molecule has 0 amide bonds. The van der Waals surface area contributed by atoms with Gasteiger partial charge in [0.25, 0.3) is 0 Å². The van der Waals surface area contributed by atoms with E-state index in [2.05, 4.69) is 6.92 Å². The van der Waals surface area contributed by atoms with Crippen molar-refractivity contribution in [2.24, 2.45) is 0 Å². The van der Waals surface area contributed by atoms with E-state index < -0.39 is 12.1 Å². The lowest BCUT2D eigenvalue weighted by Crippen LogP contribution is -2.12. The summed E-state index contributed by atoms with van der Waals surface area (Å²) in [6.45, 7) is 2.28. The average Bonchev–Trinajstić information content (AvgIpc) is 2.63. The van der Waals surface area contributed by atoms with Crippen LogP contribution in [0.15, 0.2) is 0 Å². The van der Waals surface area contributed by atoms with E-state index in [1.54, 1.807) is 0 Å². The molecule has 162 valence electrons. The van der Waals surface area contributed by atoms with Crippen LogP contribution >= 0.6 is 0 Å². The first kappa shape index (κ1) is 26.4. The standard InChI is InChI=1S/C24H48O3/c1-2-3-4-5-6-7-8-9-10-11-12-13-14-15-16-17-18-19-20-21-23(25)22-24(26)27/h23,25H,2-22H2,1H3,(H,26,27)/t23-/m1/s1. The lowest BCUT2D eigenvalue weighted by atomic mass is 10.0. The molecule has 0 aliphatic carbocycles. The molecule has 2 N–H and O–H groups in total. The predicted octanol–water partition coefficient (Wildman–Crippen LogP) is 7.64. The molecule has 0 radical (unpaired) electrons. The zero-order valence-corrected chi connectivity index (χ0v) is 18.2. The van der Waals surface area contributed by atoms with E-state index in [-0.39, 0.29) is 6.42 Å². The molecule has 1 atom stereocenters. The lowest BCUT2D eigenvalue weighted by Gasteiger charge is -2.07. The molecular formula is C24H48O3. The molecule has 0 saturated carbocycles. The lowest BCUT2D eigenvalue weighted by molar-refractivity contribution is -0.139. The minimum absolute atomic E-state index is 0.112. The van der Waals surface area contributed by atoms with Crippen LogP contribution in [0, 0.1) is 0 Å². The molecule has 0 aromatic carbocycles. The summed E-state index contributed by atoms with van der Waals surface area (Å²) in [5, 5.41) is 18.1. The van der Waals surface area contributed by atoms with Crippen LogP contribution in [0.4, 0.5) is 0 Å². The molecule has 0 spiro atoms. The quantitative estimate of drug-likeness (QED) is 0.188. The highest BCUT2D eigenvalue weighted by Crippen LogP contribution is 2.15. The number of carbonyl (C=O) groups is 1. The Hall–Kier alpha value is -0.570.